The molecule has 4 rings (SSSR count). The molecule has 26 heavy (non-hydrogen) atoms. The zero-order valence-corrected chi connectivity index (χ0v) is 15.0. The van der Waals surface area contributed by atoms with Crippen molar-refractivity contribution in [1.29, 1.82) is 0 Å². The second-order valence-electron chi connectivity index (χ2n) is 6.41. The SMILES string of the molecule is CC1CN(S(=O)(=O)c2ccccc2)CC1c1nc(-c2ccncc2)no1. The summed E-state index contributed by atoms with van der Waals surface area (Å²) < 4.78 is 32.6. The fourth-order valence-corrected chi connectivity index (χ4v) is 4.77. The van der Waals surface area contributed by atoms with Crippen molar-refractivity contribution in [2.45, 2.75) is 17.7 Å². The van der Waals surface area contributed by atoms with Gasteiger partial charge in [0.05, 0.1) is 10.8 Å². The molecule has 3 aromatic rings. The van der Waals surface area contributed by atoms with Gasteiger partial charge in [0.2, 0.25) is 21.7 Å². The lowest BCUT2D eigenvalue weighted by Crippen LogP contribution is -2.29. The summed E-state index contributed by atoms with van der Waals surface area (Å²) in [6, 6.07) is 12.1. The van der Waals surface area contributed by atoms with Gasteiger partial charge in [0.1, 0.15) is 0 Å². The normalized spacial score (nSPS) is 21.1. The lowest BCUT2D eigenvalue weighted by Gasteiger charge is -2.15. The van der Waals surface area contributed by atoms with Crippen molar-refractivity contribution in [3.63, 3.8) is 0 Å². The maximum Gasteiger partial charge on any atom is 0.243 e. The van der Waals surface area contributed by atoms with Crippen molar-refractivity contribution >= 4 is 10.0 Å². The summed E-state index contributed by atoms with van der Waals surface area (Å²) >= 11 is 0. The molecule has 1 fully saturated rings. The van der Waals surface area contributed by atoms with Gasteiger partial charge in [0, 0.05) is 31.0 Å². The van der Waals surface area contributed by atoms with E-state index >= 15 is 0 Å². The number of nitrogens with zero attached hydrogens (tertiary/aromatic N) is 4. The Hall–Kier alpha value is -2.58. The van der Waals surface area contributed by atoms with E-state index in [1.807, 2.05) is 6.92 Å². The number of pyridine rings is 1. The van der Waals surface area contributed by atoms with Crippen LogP contribution in [0.2, 0.25) is 0 Å². The number of sulfonamides is 1. The average Bonchev–Trinajstić information content (AvgIpc) is 3.30. The summed E-state index contributed by atoms with van der Waals surface area (Å²) in [5.41, 5.74) is 0.814. The predicted octanol–water partition coefficient (Wildman–Crippen LogP) is 2.56. The summed E-state index contributed by atoms with van der Waals surface area (Å²) in [5, 5.41) is 4.03. The molecule has 1 aliphatic rings. The molecule has 134 valence electrons. The first kappa shape index (κ1) is 16.9. The molecule has 7 nitrogen and oxygen atoms in total. The van der Waals surface area contributed by atoms with Crippen molar-refractivity contribution < 1.29 is 12.9 Å². The van der Waals surface area contributed by atoms with E-state index in [1.165, 1.54) is 4.31 Å². The topological polar surface area (TPSA) is 89.2 Å². The summed E-state index contributed by atoms with van der Waals surface area (Å²) in [6.07, 6.45) is 3.33. The van der Waals surface area contributed by atoms with Crippen molar-refractivity contribution in [2.24, 2.45) is 5.92 Å². The van der Waals surface area contributed by atoms with Crippen LogP contribution in [0.4, 0.5) is 0 Å². The molecule has 2 unspecified atom stereocenters. The Balaban J connectivity index is 1.58. The van der Waals surface area contributed by atoms with Crippen LogP contribution >= 0.6 is 0 Å². The van der Waals surface area contributed by atoms with Crippen LogP contribution in [0.15, 0.2) is 64.3 Å². The number of hydrogen-bond donors (Lipinski definition) is 0. The van der Waals surface area contributed by atoms with Crippen molar-refractivity contribution in [1.82, 2.24) is 19.4 Å². The maximum absolute atomic E-state index is 12.8. The Kier molecular flexibility index (Phi) is 4.29. The molecule has 0 saturated carbocycles. The van der Waals surface area contributed by atoms with Gasteiger partial charge in [-0.3, -0.25) is 4.98 Å². The molecule has 2 atom stereocenters. The molecular formula is C18H18N4O3S. The standard InChI is InChI=1S/C18H18N4O3S/c1-13-11-22(26(23,24)15-5-3-2-4-6-15)12-16(13)18-20-17(21-25-18)14-7-9-19-10-8-14/h2-10,13,16H,11-12H2,1H3. The summed E-state index contributed by atoms with van der Waals surface area (Å²) in [7, 11) is -3.52. The van der Waals surface area contributed by atoms with Gasteiger partial charge >= 0.3 is 0 Å². The molecule has 8 heteroatoms. The largest absolute Gasteiger partial charge is 0.339 e. The quantitative estimate of drug-likeness (QED) is 0.701. The average molecular weight is 370 g/mol. The fourth-order valence-electron chi connectivity index (χ4n) is 3.19. The van der Waals surface area contributed by atoms with Crippen LogP contribution < -0.4 is 0 Å². The Morgan fingerprint density at radius 2 is 1.81 bits per heavy atom. The number of benzene rings is 1. The second kappa shape index (κ2) is 6.62. The van der Waals surface area contributed by atoms with Crippen LogP contribution in [0, 0.1) is 5.92 Å². The maximum atomic E-state index is 12.8. The van der Waals surface area contributed by atoms with E-state index < -0.39 is 10.0 Å². The molecule has 0 aliphatic carbocycles. The van der Waals surface area contributed by atoms with Crippen molar-refractivity contribution in [3.05, 3.63) is 60.7 Å². The minimum Gasteiger partial charge on any atom is -0.339 e. The van der Waals surface area contributed by atoms with Gasteiger partial charge in [-0.25, -0.2) is 8.42 Å². The third-order valence-electron chi connectivity index (χ3n) is 4.66. The van der Waals surface area contributed by atoms with Crippen molar-refractivity contribution in [2.75, 3.05) is 13.1 Å². The monoisotopic (exact) mass is 370 g/mol. The smallest absolute Gasteiger partial charge is 0.243 e. The molecule has 0 N–H and O–H groups in total. The third kappa shape index (κ3) is 3.02. The van der Waals surface area contributed by atoms with Crippen LogP contribution in [0.5, 0.6) is 0 Å². The van der Waals surface area contributed by atoms with E-state index in [2.05, 4.69) is 15.1 Å². The summed E-state index contributed by atoms with van der Waals surface area (Å²) in [4.78, 5) is 8.75. The molecule has 1 aliphatic heterocycles. The van der Waals surface area contributed by atoms with Gasteiger partial charge in [0.25, 0.3) is 0 Å². The van der Waals surface area contributed by atoms with Gasteiger partial charge in [0.15, 0.2) is 0 Å². The zero-order chi connectivity index (χ0) is 18.1. The van der Waals surface area contributed by atoms with Crippen LogP contribution in [-0.2, 0) is 10.0 Å². The predicted molar refractivity (Wildman–Crippen MR) is 94.6 cm³/mol. The third-order valence-corrected chi connectivity index (χ3v) is 6.50. The summed E-state index contributed by atoms with van der Waals surface area (Å²) in [5.74, 6) is 0.907. The first-order valence-corrected chi connectivity index (χ1v) is 9.79. The van der Waals surface area contributed by atoms with E-state index in [9.17, 15) is 8.42 Å². The van der Waals surface area contributed by atoms with Gasteiger partial charge < -0.3 is 4.52 Å². The van der Waals surface area contributed by atoms with Crippen LogP contribution in [0.1, 0.15) is 18.7 Å². The lowest BCUT2D eigenvalue weighted by atomic mass is 9.98. The molecule has 1 aromatic carbocycles. The Bertz CT molecular complexity index is 990. The van der Waals surface area contributed by atoms with E-state index in [0.717, 1.165) is 5.56 Å². The highest BCUT2D eigenvalue weighted by molar-refractivity contribution is 7.89. The van der Waals surface area contributed by atoms with E-state index in [4.69, 9.17) is 4.52 Å². The highest BCUT2D eigenvalue weighted by atomic mass is 32.2. The molecular weight excluding hydrogens is 352 g/mol. The first-order chi connectivity index (χ1) is 12.6. The molecule has 0 radical (unpaired) electrons. The minimum absolute atomic E-state index is 0.0826. The molecule has 0 bridgehead atoms. The minimum atomic E-state index is -3.52. The molecule has 1 saturated heterocycles. The fraction of sp³-hybridized carbons (Fsp3) is 0.278. The van der Waals surface area contributed by atoms with Gasteiger partial charge in [-0.15, -0.1) is 0 Å². The van der Waals surface area contributed by atoms with Gasteiger partial charge in [-0.05, 0) is 30.2 Å². The number of aromatic nitrogens is 3. The van der Waals surface area contributed by atoms with Crippen molar-refractivity contribution in [3.8, 4) is 11.4 Å². The highest BCUT2D eigenvalue weighted by Gasteiger charge is 2.40. The lowest BCUT2D eigenvalue weighted by molar-refractivity contribution is 0.338. The van der Waals surface area contributed by atoms with Crippen LogP contribution in [0.3, 0.4) is 0 Å². The zero-order valence-electron chi connectivity index (χ0n) is 14.2. The van der Waals surface area contributed by atoms with E-state index in [0.29, 0.717) is 29.7 Å². The van der Waals surface area contributed by atoms with Crippen LogP contribution in [0.25, 0.3) is 11.4 Å². The molecule has 3 heterocycles. The van der Waals surface area contributed by atoms with Gasteiger partial charge in [-0.2, -0.15) is 9.29 Å². The number of hydrogen-bond acceptors (Lipinski definition) is 6. The van der Waals surface area contributed by atoms with Gasteiger partial charge in [-0.1, -0.05) is 30.3 Å². The van der Waals surface area contributed by atoms with E-state index in [1.54, 1.807) is 54.9 Å². The molecule has 0 spiro atoms. The Morgan fingerprint density at radius 3 is 2.54 bits per heavy atom. The first-order valence-electron chi connectivity index (χ1n) is 8.35. The summed E-state index contributed by atoms with van der Waals surface area (Å²) in [6.45, 7) is 2.76. The Morgan fingerprint density at radius 1 is 1.08 bits per heavy atom. The Labute approximate surface area is 151 Å². The highest BCUT2D eigenvalue weighted by Crippen LogP contribution is 2.35. The molecule has 0 amide bonds. The van der Waals surface area contributed by atoms with Crippen LogP contribution in [-0.4, -0.2) is 40.9 Å². The van der Waals surface area contributed by atoms with E-state index in [-0.39, 0.29) is 11.8 Å². The second-order valence-corrected chi connectivity index (χ2v) is 8.35. The molecule has 2 aromatic heterocycles. The number of rotatable bonds is 4.